The van der Waals surface area contributed by atoms with Gasteiger partial charge >= 0.3 is 5.97 Å². The first kappa shape index (κ1) is 15.0. The Morgan fingerprint density at radius 2 is 2.11 bits per heavy atom. The molecule has 3 nitrogen and oxygen atoms in total. The van der Waals surface area contributed by atoms with E-state index in [1.54, 1.807) is 12.1 Å². The molecule has 0 aliphatic carbocycles. The van der Waals surface area contributed by atoms with Crippen molar-refractivity contribution in [3.05, 3.63) is 30.1 Å². The van der Waals surface area contributed by atoms with Crippen molar-refractivity contribution in [3.63, 3.8) is 0 Å². The van der Waals surface area contributed by atoms with Crippen LogP contribution in [0, 0.1) is 5.82 Å². The Bertz CT molecular complexity index is 387. The summed E-state index contributed by atoms with van der Waals surface area (Å²) in [4.78, 5) is 13.7. The molecule has 0 amide bonds. The highest BCUT2D eigenvalue weighted by Gasteiger charge is 2.05. The van der Waals surface area contributed by atoms with E-state index in [4.69, 9.17) is 0 Å². The predicted octanol–water partition coefficient (Wildman–Crippen LogP) is 2.41. The number of benzene rings is 1. The minimum atomic E-state index is -0.205. The van der Waals surface area contributed by atoms with Crippen molar-refractivity contribution in [2.45, 2.75) is 11.3 Å². The summed E-state index contributed by atoms with van der Waals surface area (Å²) in [6, 6.07) is 6.74. The van der Waals surface area contributed by atoms with E-state index in [9.17, 15) is 9.18 Å². The van der Waals surface area contributed by atoms with Crippen molar-refractivity contribution in [3.8, 4) is 0 Å². The van der Waals surface area contributed by atoms with Crippen LogP contribution < -0.4 is 0 Å². The van der Waals surface area contributed by atoms with Crippen LogP contribution in [0.25, 0.3) is 0 Å². The van der Waals surface area contributed by atoms with Gasteiger partial charge in [-0.2, -0.15) is 0 Å². The number of carbonyl (C=O) groups excluding carboxylic acids is 1. The zero-order chi connectivity index (χ0) is 13.4. The molecule has 0 bridgehead atoms. The van der Waals surface area contributed by atoms with Gasteiger partial charge in [-0.3, -0.25) is 4.79 Å². The van der Waals surface area contributed by atoms with Crippen LogP contribution in [0.15, 0.2) is 29.2 Å². The summed E-state index contributed by atoms with van der Waals surface area (Å²) in [6.07, 6.45) is 0.386. The van der Waals surface area contributed by atoms with Crippen molar-refractivity contribution in [1.29, 1.82) is 0 Å². The normalized spacial score (nSPS) is 10.7. The first-order chi connectivity index (χ1) is 8.63. The fourth-order valence-corrected chi connectivity index (χ4v) is 2.37. The summed E-state index contributed by atoms with van der Waals surface area (Å²) in [5.74, 6) is 0.404. The molecule has 0 unspecified atom stereocenters. The topological polar surface area (TPSA) is 29.5 Å². The molecule has 0 heterocycles. The molecule has 0 N–H and O–H groups in total. The van der Waals surface area contributed by atoms with Crippen molar-refractivity contribution in [1.82, 2.24) is 4.90 Å². The first-order valence-corrected chi connectivity index (χ1v) is 6.74. The Balaban J connectivity index is 2.21. The highest BCUT2D eigenvalue weighted by atomic mass is 32.2. The van der Waals surface area contributed by atoms with E-state index in [-0.39, 0.29) is 11.8 Å². The molecule has 1 aromatic carbocycles. The maximum absolute atomic E-state index is 13.3. The smallest absolute Gasteiger partial charge is 0.306 e. The molecule has 0 radical (unpaired) electrons. The average Bonchev–Trinajstić information content (AvgIpc) is 2.38. The van der Waals surface area contributed by atoms with Gasteiger partial charge in [0.1, 0.15) is 5.82 Å². The highest BCUT2D eigenvalue weighted by Crippen LogP contribution is 2.20. The van der Waals surface area contributed by atoms with E-state index in [0.717, 1.165) is 12.3 Å². The second kappa shape index (κ2) is 8.11. The Kier molecular flexibility index (Phi) is 6.75. The number of thioether (sulfide) groups is 1. The number of esters is 1. The fourth-order valence-electron chi connectivity index (χ4n) is 1.37. The fraction of sp³-hybridized carbons (Fsp3) is 0.462. The largest absolute Gasteiger partial charge is 0.469 e. The Morgan fingerprint density at radius 1 is 1.39 bits per heavy atom. The maximum atomic E-state index is 13.3. The molecule has 0 atom stereocenters. The molecule has 18 heavy (non-hydrogen) atoms. The number of methoxy groups -OCH3 is 1. The van der Waals surface area contributed by atoms with Gasteiger partial charge in [-0.15, -0.1) is 11.8 Å². The van der Waals surface area contributed by atoms with Gasteiger partial charge in [0.15, 0.2) is 0 Å². The first-order valence-electron chi connectivity index (χ1n) is 5.76. The average molecular weight is 271 g/mol. The van der Waals surface area contributed by atoms with Crippen LogP contribution in [-0.2, 0) is 9.53 Å². The third-order valence-corrected chi connectivity index (χ3v) is 3.52. The molecular formula is C13H18FNO2S. The van der Waals surface area contributed by atoms with E-state index < -0.39 is 0 Å². The van der Waals surface area contributed by atoms with Gasteiger partial charge in [-0.25, -0.2) is 4.39 Å². The molecule has 0 saturated heterocycles. The van der Waals surface area contributed by atoms with Gasteiger partial charge in [0.2, 0.25) is 0 Å². The van der Waals surface area contributed by atoms with Gasteiger partial charge < -0.3 is 9.64 Å². The number of hydrogen-bond donors (Lipinski definition) is 0. The Labute approximate surface area is 111 Å². The van der Waals surface area contributed by atoms with E-state index >= 15 is 0 Å². The standard InChI is InChI=1S/C13H18FNO2S/c1-15(8-7-13(16)17-2)9-10-18-12-6-4-3-5-11(12)14/h3-6H,7-10H2,1-2H3. The lowest BCUT2D eigenvalue weighted by molar-refractivity contribution is -0.140. The van der Waals surface area contributed by atoms with Crippen molar-refractivity contribution in [2.24, 2.45) is 0 Å². The minimum Gasteiger partial charge on any atom is -0.469 e. The molecular weight excluding hydrogens is 253 g/mol. The van der Waals surface area contributed by atoms with Gasteiger partial charge in [0.25, 0.3) is 0 Å². The molecule has 0 saturated carbocycles. The lowest BCUT2D eigenvalue weighted by Gasteiger charge is -2.15. The van der Waals surface area contributed by atoms with E-state index in [0.29, 0.717) is 17.9 Å². The van der Waals surface area contributed by atoms with Crippen LogP contribution in [-0.4, -0.2) is 43.9 Å². The monoisotopic (exact) mass is 271 g/mol. The second-order valence-electron chi connectivity index (χ2n) is 3.91. The summed E-state index contributed by atoms with van der Waals surface area (Å²) in [6.45, 7) is 1.46. The van der Waals surface area contributed by atoms with Gasteiger partial charge in [0, 0.05) is 23.7 Å². The van der Waals surface area contributed by atoms with E-state index in [1.807, 2.05) is 18.0 Å². The third-order valence-electron chi connectivity index (χ3n) is 2.49. The summed E-state index contributed by atoms with van der Waals surface area (Å²) in [5, 5.41) is 0. The molecule has 1 aromatic rings. The molecule has 0 aliphatic heterocycles. The second-order valence-corrected chi connectivity index (χ2v) is 5.05. The Hall–Kier alpha value is -1.07. The lowest BCUT2D eigenvalue weighted by Crippen LogP contribution is -2.24. The minimum absolute atomic E-state index is 0.181. The van der Waals surface area contributed by atoms with Crippen LogP contribution >= 0.6 is 11.8 Å². The summed E-state index contributed by atoms with van der Waals surface area (Å²) in [7, 11) is 3.32. The number of ether oxygens (including phenoxy) is 1. The van der Waals surface area contributed by atoms with E-state index in [2.05, 4.69) is 4.74 Å². The van der Waals surface area contributed by atoms with Crippen LogP contribution in [0.2, 0.25) is 0 Å². The number of carbonyl (C=O) groups is 1. The molecule has 0 aromatic heterocycles. The zero-order valence-corrected chi connectivity index (χ0v) is 11.5. The van der Waals surface area contributed by atoms with Gasteiger partial charge in [-0.1, -0.05) is 12.1 Å². The molecule has 1 rings (SSSR count). The van der Waals surface area contributed by atoms with Crippen molar-refractivity contribution >= 4 is 17.7 Å². The quantitative estimate of drug-likeness (QED) is 0.562. The van der Waals surface area contributed by atoms with Crippen LogP contribution in [0.1, 0.15) is 6.42 Å². The summed E-state index contributed by atoms with van der Waals surface area (Å²) in [5.41, 5.74) is 0. The third kappa shape index (κ3) is 5.51. The predicted molar refractivity (Wildman–Crippen MR) is 71.3 cm³/mol. The van der Waals surface area contributed by atoms with E-state index in [1.165, 1.54) is 24.9 Å². The van der Waals surface area contributed by atoms with Gasteiger partial charge in [0.05, 0.1) is 13.5 Å². The maximum Gasteiger partial charge on any atom is 0.306 e. The van der Waals surface area contributed by atoms with Crippen LogP contribution in [0.4, 0.5) is 4.39 Å². The summed E-state index contributed by atoms with van der Waals surface area (Å²) >= 11 is 1.48. The SMILES string of the molecule is COC(=O)CCN(C)CCSc1ccccc1F. The number of nitrogens with zero attached hydrogens (tertiary/aromatic N) is 1. The molecule has 100 valence electrons. The van der Waals surface area contributed by atoms with Crippen LogP contribution in [0.5, 0.6) is 0 Å². The number of hydrogen-bond acceptors (Lipinski definition) is 4. The highest BCUT2D eigenvalue weighted by molar-refractivity contribution is 7.99. The summed E-state index contributed by atoms with van der Waals surface area (Å²) < 4.78 is 17.9. The molecule has 0 fully saturated rings. The van der Waals surface area contributed by atoms with Crippen molar-refractivity contribution in [2.75, 3.05) is 33.0 Å². The van der Waals surface area contributed by atoms with Gasteiger partial charge in [-0.05, 0) is 19.2 Å². The van der Waals surface area contributed by atoms with Crippen LogP contribution in [0.3, 0.4) is 0 Å². The molecule has 0 aliphatic rings. The molecule has 0 spiro atoms. The lowest BCUT2D eigenvalue weighted by atomic mass is 10.3. The number of rotatable bonds is 7. The molecule has 5 heteroatoms. The Morgan fingerprint density at radius 3 is 2.78 bits per heavy atom. The number of halogens is 1. The van der Waals surface area contributed by atoms with Crippen molar-refractivity contribution < 1.29 is 13.9 Å². The zero-order valence-electron chi connectivity index (χ0n) is 10.7.